The van der Waals surface area contributed by atoms with Crippen molar-refractivity contribution >= 4 is 17.3 Å². The van der Waals surface area contributed by atoms with Crippen LogP contribution in [0.25, 0.3) is 0 Å². The average molecular weight is 267 g/mol. The number of hydroxylamine groups is 2. The lowest BCUT2D eigenvalue weighted by molar-refractivity contribution is -0.0756. The fourth-order valence-electron chi connectivity index (χ4n) is 1.40. The van der Waals surface area contributed by atoms with Crippen LogP contribution in [0.1, 0.15) is 38.1 Å². The lowest BCUT2D eigenvalue weighted by Gasteiger charge is -2.16. The fourth-order valence-corrected chi connectivity index (χ4v) is 1.40. The minimum absolute atomic E-state index is 0.227. The summed E-state index contributed by atoms with van der Waals surface area (Å²) in [4.78, 5) is 16.6. The predicted molar refractivity (Wildman–Crippen MR) is 80.1 cm³/mol. The minimum atomic E-state index is -0.227. The third-order valence-electron chi connectivity index (χ3n) is 2.30. The maximum absolute atomic E-state index is 11.8. The number of nitrogen functional groups attached to an aromatic ring is 1. The molecule has 1 amide bonds. The van der Waals surface area contributed by atoms with Gasteiger partial charge in [-0.3, -0.25) is 9.63 Å². The summed E-state index contributed by atoms with van der Waals surface area (Å²) in [5.74, 6) is -0.227. The second-order valence-corrected chi connectivity index (χ2v) is 4.09. The number of nitrogens with two attached hydrogens (primary N) is 1. The van der Waals surface area contributed by atoms with Crippen LogP contribution in [0.15, 0.2) is 18.2 Å². The quantitative estimate of drug-likeness (QED) is 0.650. The molecule has 0 radical (unpaired) electrons. The lowest BCUT2D eigenvalue weighted by Crippen LogP contribution is -2.25. The van der Waals surface area contributed by atoms with Crippen LogP contribution < -0.4 is 11.1 Å². The van der Waals surface area contributed by atoms with E-state index >= 15 is 0 Å². The van der Waals surface area contributed by atoms with Gasteiger partial charge in [0.25, 0.3) is 5.91 Å². The molecule has 0 saturated heterocycles. The molecule has 0 unspecified atom stereocenters. The van der Waals surface area contributed by atoms with Crippen LogP contribution in [0.2, 0.25) is 0 Å². The van der Waals surface area contributed by atoms with E-state index in [-0.39, 0.29) is 5.91 Å². The van der Waals surface area contributed by atoms with E-state index in [4.69, 9.17) is 10.6 Å². The van der Waals surface area contributed by atoms with Crippen LogP contribution in [0.3, 0.4) is 0 Å². The Balaban J connectivity index is 0.00000154. The summed E-state index contributed by atoms with van der Waals surface area (Å²) in [6.45, 7) is 8.05. The van der Waals surface area contributed by atoms with Gasteiger partial charge in [0.15, 0.2) is 0 Å². The van der Waals surface area contributed by atoms with Gasteiger partial charge in [0.1, 0.15) is 0 Å². The Morgan fingerprint density at radius 3 is 2.37 bits per heavy atom. The minimum Gasteiger partial charge on any atom is -0.397 e. The molecule has 0 bridgehead atoms. The number of amides is 1. The number of nitrogens with zero attached hydrogens (tertiary/aromatic N) is 1. The van der Waals surface area contributed by atoms with E-state index < -0.39 is 0 Å². The molecule has 0 fully saturated rings. The van der Waals surface area contributed by atoms with Gasteiger partial charge in [-0.25, -0.2) is 5.06 Å². The third kappa shape index (κ3) is 5.18. The highest BCUT2D eigenvalue weighted by Gasteiger charge is 2.12. The molecule has 0 atom stereocenters. The van der Waals surface area contributed by atoms with E-state index in [9.17, 15) is 4.79 Å². The molecular formula is C14H25N3O2. The number of hydrogen-bond acceptors (Lipinski definition) is 4. The van der Waals surface area contributed by atoms with Crippen LogP contribution in [0, 0.1) is 0 Å². The molecule has 0 saturated carbocycles. The number of carbonyl (C=O) groups excluding carboxylic acids is 1. The summed E-state index contributed by atoms with van der Waals surface area (Å²) < 4.78 is 0. The SMILES string of the molecule is CC.CON(C)C(=O)c1ccc(NC(C)C)c(N)c1. The molecule has 108 valence electrons. The summed E-state index contributed by atoms with van der Waals surface area (Å²) in [5, 5.41) is 4.36. The van der Waals surface area contributed by atoms with E-state index in [0.29, 0.717) is 17.3 Å². The average Bonchev–Trinajstić information content (AvgIpc) is 2.41. The van der Waals surface area contributed by atoms with Gasteiger partial charge >= 0.3 is 0 Å². The molecule has 5 heteroatoms. The number of benzene rings is 1. The first-order valence-corrected chi connectivity index (χ1v) is 6.44. The summed E-state index contributed by atoms with van der Waals surface area (Å²) in [6, 6.07) is 5.45. The van der Waals surface area contributed by atoms with Gasteiger partial charge in [0.2, 0.25) is 0 Å². The van der Waals surface area contributed by atoms with Crippen molar-refractivity contribution in [3.63, 3.8) is 0 Å². The van der Waals surface area contributed by atoms with Crippen LogP contribution in [-0.2, 0) is 4.84 Å². The Labute approximate surface area is 115 Å². The van der Waals surface area contributed by atoms with E-state index in [1.807, 2.05) is 27.7 Å². The maximum atomic E-state index is 11.8. The van der Waals surface area contributed by atoms with Crippen LogP contribution in [-0.4, -0.2) is 31.2 Å². The molecule has 19 heavy (non-hydrogen) atoms. The monoisotopic (exact) mass is 267 g/mol. The summed E-state index contributed by atoms with van der Waals surface area (Å²) in [7, 11) is 2.99. The fraction of sp³-hybridized carbons (Fsp3) is 0.500. The third-order valence-corrected chi connectivity index (χ3v) is 2.30. The molecular weight excluding hydrogens is 242 g/mol. The second-order valence-electron chi connectivity index (χ2n) is 4.09. The summed E-state index contributed by atoms with van der Waals surface area (Å²) >= 11 is 0. The van der Waals surface area contributed by atoms with Crippen molar-refractivity contribution < 1.29 is 9.63 Å². The van der Waals surface area contributed by atoms with E-state index in [1.165, 1.54) is 7.11 Å². The van der Waals surface area contributed by atoms with Crippen molar-refractivity contribution in [3.8, 4) is 0 Å². The van der Waals surface area contributed by atoms with Gasteiger partial charge in [-0.2, -0.15) is 0 Å². The van der Waals surface area contributed by atoms with E-state index in [2.05, 4.69) is 5.32 Å². The highest BCUT2D eigenvalue weighted by atomic mass is 16.7. The first kappa shape index (κ1) is 17.2. The van der Waals surface area contributed by atoms with Crippen molar-refractivity contribution in [2.24, 2.45) is 0 Å². The van der Waals surface area contributed by atoms with Gasteiger partial charge in [-0.05, 0) is 32.0 Å². The van der Waals surface area contributed by atoms with E-state index in [0.717, 1.165) is 10.8 Å². The Kier molecular flexibility index (Phi) is 7.60. The normalized spacial score (nSPS) is 9.63. The standard InChI is InChI=1S/C12H19N3O2.C2H6/c1-8(2)14-11-6-5-9(7-10(11)13)12(16)15(3)17-4;1-2/h5-8,14H,13H2,1-4H3;1-2H3. The highest BCUT2D eigenvalue weighted by molar-refractivity contribution is 5.95. The summed E-state index contributed by atoms with van der Waals surface area (Å²) in [5.41, 5.74) is 7.76. The zero-order valence-corrected chi connectivity index (χ0v) is 12.7. The molecule has 1 rings (SSSR count). The van der Waals surface area contributed by atoms with Gasteiger partial charge in [0.05, 0.1) is 18.5 Å². The highest BCUT2D eigenvalue weighted by Crippen LogP contribution is 2.21. The number of carbonyl (C=O) groups is 1. The van der Waals surface area contributed by atoms with E-state index in [1.54, 1.807) is 25.2 Å². The van der Waals surface area contributed by atoms with Crippen molar-refractivity contribution in [2.45, 2.75) is 33.7 Å². The molecule has 5 nitrogen and oxygen atoms in total. The van der Waals surface area contributed by atoms with Crippen molar-refractivity contribution in [1.29, 1.82) is 0 Å². The summed E-state index contributed by atoms with van der Waals surface area (Å²) in [6.07, 6.45) is 0. The smallest absolute Gasteiger partial charge is 0.277 e. The zero-order valence-electron chi connectivity index (χ0n) is 12.7. The van der Waals surface area contributed by atoms with Crippen LogP contribution in [0.5, 0.6) is 0 Å². The Bertz CT molecular complexity index is 406. The lowest BCUT2D eigenvalue weighted by atomic mass is 10.1. The molecule has 0 spiro atoms. The molecule has 0 aliphatic rings. The number of rotatable bonds is 4. The van der Waals surface area contributed by atoms with Gasteiger partial charge in [-0.1, -0.05) is 13.8 Å². The molecule has 1 aromatic rings. The number of nitrogens with one attached hydrogen (secondary N) is 1. The molecule has 0 aromatic heterocycles. The molecule has 0 aliphatic heterocycles. The Hall–Kier alpha value is -1.75. The van der Waals surface area contributed by atoms with Crippen LogP contribution >= 0.6 is 0 Å². The first-order chi connectivity index (χ1) is 8.95. The largest absolute Gasteiger partial charge is 0.397 e. The number of hydrogen-bond donors (Lipinski definition) is 2. The Morgan fingerprint density at radius 1 is 1.37 bits per heavy atom. The van der Waals surface area contributed by atoms with Gasteiger partial charge in [-0.15, -0.1) is 0 Å². The second kappa shape index (κ2) is 8.37. The van der Waals surface area contributed by atoms with Crippen molar-refractivity contribution in [2.75, 3.05) is 25.2 Å². The topological polar surface area (TPSA) is 67.6 Å². The number of anilines is 2. The van der Waals surface area contributed by atoms with Gasteiger partial charge < -0.3 is 11.1 Å². The van der Waals surface area contributed by atoms with Crippen molar-refractivity contribution in [1.82, 2.24) is 5.06 Å². The molecule has 3 N–H and O–H groups in total. The first-order valence-electron chi connectivity index (χ1n) is 6.44. The molecule has 0 aliphatic carbocycles. The Morgan fingerprint density at radius 2 is 1.95 bits per heavy atom. The van der Waals surface area contributed by atoms with Crippen molar-refractivity contribution in [3.05, 3.63) is 23.8 Å². The zero-order chi connectivity index (χ0) is 15.0. The molecule has 0 heterocycles. The van der Waals surface area contributed by atoms with Crippen LogP contribution in [0.4, 0.5) is 11.4 Å². The molecule has 1 aromatic carbocycles. The predicted octanol–water partition coefficient (Wildman–Crippen LogP) is 2.75. The van der Waals surface area contributed by atoms with Gasteiger partial charge in [0, 0.05) is 18.7 Å². The maximum Gasteiger partial charge on any atom is 0.277 e.